The van der Waals surface area contributed by atoms with Gasteiger partial charge in [0.05, 0.1) is 9.50 Å². The van der Waals surface area contributed by atoms with Crippen LogP contribution in [0.1, 0.15) is 11.1 Å². The Morgan fingerprint density at radius 2 is 1.93 bits per heavy atom. The van der Waals surface area contributed by atoms with Crippen LogP contribution in [0.15, 0.2) is 59.2 Å². The van der Waals surface area contributed by atoms with Gasteiger partial charge in [0.2, 0.25) is 0 Å². The topological polar surface area (TPSA) is 58.6 Å². The van der Waals surface area contributed by atoms with Gasteiger partial charge in [0.15, 0.2) is 5.75 Å². The molecule has 144 valence electrons. The number of urea groups is 1. The Hall–Kier alpha value is -2.28. The molecule has 1 heterocycles. The van der Waals surface area contributed by atoms with Crippen molar-refractivity contribution < 1.29 is 14.3 Å². The van der Waals surface area contributed by atoms with Gasteiger partial charge >= 0.3 is 6.03 Å². The summed E-state index contributed by atoms with van der Waals surface area (Å²) in [4.78, 5) is 25.2. The number of ether oxygens (including phenoxy) is 1. The lowest BCUT2D eigenvalue weighted by Gasteiger charge is -2.12. The second kappa shape index (κ2) is 8.82. The van der Waals surface area contributed by atoms with E-state index in [2.05, 4.69) is 27.8 Å². The Morgan fingerprint density at radius 1 is 1.18 bits per heavy atom. The van der Waals surface area contributed by atoms with Gasteiger partial charge < -0.3 is 10.1 Å². The van der Waals surface area contributed by atoms with Gasteiger partial charge in [-0.15, -0.1) is 6.58 Å². The predicted molar refractivity (Wildman–Crippen MR) is 113 cm³/mol. The van der Waals surface area contributed by atoms with Crippen LogP contribution < -0.4 is 10.1 Å². The van der Waals surface area contributed by atoms with E-state index >= 15 is 0 Å². The molecule has 3 amide bonds. The molecular weight excluding hydrogens is 467 g/mol. The molecule has 0 atom stereocenters. The van der Waals surface area contributed by atoms with Crippen LogP contribution in [0.5, 0.6) is 5.75 Å². The van der Waals surface area contributed by atoms with Crippen LogP contribution in [-0.2, 0) is 11.4 Å². The summed E-state index contributed by atoms with van der Waals surface area (Å²) in [5.41, 5.74) is 1.63. The van der Waals surface area contributed by atoms with Gasteiger partial charge in [-0.3, -0.25) is 9.69 Å². The zero-order valence-electron chi connectivity index (χ0n) is 14.5. The lowest BCUT2D eigenvalue weighted by Crippen LogP contribution is -2.30. The molecule has 0 spiro atoms. The maximum atomic E-state index is 12.3. The number of halogens is 3. The molecule has 0 aliphatic carbocycles. The molecular formula is C20H15BrCl2N2O3. The summed E-state index contributed by atoms with van der Waals surface area (Å²) in [6.45, 7) is 3.93. The molecule has 0 saturated carbocycles. The largest absolute Gasteiger partial charge is 0.486 e. The number of hydrogen-bond donors (Lipinski definition) is 1. The van der Waals surface area contributed by atoms with Crippen LogP contribution in [0.4, 0.5) is 4.79 Å². The predicted octanol–water partition coefficient (Wildman–Crippen LogP) is 5.41. The van der Waals surface area contributed by atoms with Crippen LogP contribution in [0.25, 0.3) is 6.08 Å². The minimum Gasteiger partial charge on any atom is -0.486 e. The first-order valence-corrected chi connectivity index (χ1v) is 9.76. The maximum Gasteiger partial charge on any atom is 0.329 e. The number of carbonyl (C=O) groups excluding carboxylic acids is 2. The van der Waals surface area contributed by atoms with E-state index in [4.69, 9.17) is 27.9 Å². The van der Waals surface area contributed by atoms with Crippen molar-refractivity contribution in [2.75, 3.05) is 6.54 Å². The minimum atomic E-state index is -0.485. The molecule has 0 bridgehead atoms. The lowest BCUT2D eigenvalue weighted by atomic mass is 10.1. The lowest BCUT2D eigenvalue weighted by molar-refractivity contribution is -0.122. The highest BCUT2D eigenvalue weighted by molar-refractivity contribution is 9.10. The standard InChI is InChI=1S/C20H15BrCl2N2O3/c1-2-7-25-19(26)17(24-20(25)27)10-12-8-14(21)18(16(23)9-12)28-11-13-5-3-4-6-15(13)22/h2-6,8-10H,1,7,11H2,(H,24,27)/b17-10+. The first kappa shape index (κ1) is 20.5. The molecule has 8 heteroatoms. The van der Waals surface area contributed by atoms with Crippen LogP contribution in [0.2, 0.25) is 10.0 Å². The molecule has 1 N–H and O–H groups in total. The SMILES string of the molecule is C=CCN1C(=O)N/C(=C/c2cc(Cl)c(OCc3ccccc3Cl)c(Br)c2)C1=O. The highest BCUT2D eigenvalue weighted by Crippen LogP contribution is 2.36. The molecule has 0 aromatic heterocycles. The van der Waals surface area contributed by atoms with Crippen molar-refractivity contribution in [3.8, 4) is 5.75 Å². The van der Waals surface area contributed by atoms with E-state index in [9.17, 15) is 9.59 Å². The Bertz CT molecular complexity index is 968. The molecule has 0 radical (unpaired) electrons. The van der Waals surface area contributed by atoms with Gasteiger partial charge in [-0.1, -0.05) is 47.5 Å². The van der Waals surface area contributed by atoms with Crippen molar-refractivity contribution in [1.82, 2.24) is 10.2 Å². The number of hydrogen-bond acceptors (Lipinski definition) is 3. The maximum absolute atomic E-state index is 12.3. The number of rotatable bonds is 6. The number of nitrogens with one attached hydrogen (secondary N) is 1. The molecule has 3 rings (SSSR count). The molecule has 1 aliphatic heterocycles. The molecule has 1 aliphatic rings. The first-order valence-electron chi connectivity index (χ1n) is 8.21. The Balaban J connectivity index is 1.80. The van der Waals surface area contributed by atoms with E-state index in [1.165, 1.54) is 6.08 Å². The fourth-order valence-corrected chi connectivity index (χ4v) is 3.78. The van der Waals surface area contributed by atoms with Gasteiger partial charge in [-0.2, -0.15) is 0 Å². The minimum absolute atomic E-state index is 0.140. The van der Waals surface area contributed by atoms with E-state index in [0.717, 1.165) is 10.5 Å². The average Bonchev–Trinajstić information content (AvgIpc) is 2.90. The van der Waals surface area contributed by atoms with Gasteiger partial charge in [-0.05, 0) is 45.8 Å². The first-order chi connectivity index (χ1) is 13.4. The van der Waals surface area contributed by atoms with Gasteiger partial charge in [0, 0.05) is 17.1 Å². The van der Waals surface area contributed by atoms with E-state index in [1.54, 1.807) is 24.3 Å². The molecule has 2 aromatic carbocycles. The summed E-state index contributed by atoms with van der Waals surface area (Å²) >= 11 is 15.9. The molecule has 0 unspecified atom stereocenters. The third-order valence-corrected chi connectivity index (χ3v) is 5.17. The summed E-state index contributed by atoms with van der Waals surface area (Å²) < 4.78 is 6.42. The highest BCUT2D eigenvalue weighted by atomic mass is 79.9. The van der Waals surface area contributed by atoms with E-state index < -0.39 is 11.9 Å². The quantitative estimate of drug-likeness (QED) is 0.340. The van der Waals surface area contributed by atoms with Gasteiger partial charge in [0.25, 0.3) is 5.91 Å². The molecule has 1 saturated heterocycles. The summed E-state index contributed by atoms with van der Waals surface area (Å²) in [6, 6.07) is 10.3. The number of amides is 3. The zero-order valence-corrected chi connectivity index (χ0v) is 17.6. The second-order valence-corrected chi connectivity index (χ2v) is 7.56. The third kappa shape index (κ3) is 4.41. The Morgan fingerprint density at radius 3 is 2.61 bits per heavy atom. The smallest absolute Gasteiger partial charge is 0.329 e. The fraction of sp³-hybridized carbons (Fsp3) is 0.100. The summed E-state index contributed by atoms with van der Waals surface area (Å²) in [6.07, 6.45) is 3.04. The van der Waals surface area contributed by atoms with Crippen molar-refractivity contribution >= 4 is 57.1 Å². The second-order valence-electron chi connectivity index (χ2n) is 5.89. The summed E-state index contributed by atoms with van der Waals surface area (Å²) in [5.74, 6) is 0.0370. The number of imide groups is 1. The van der Waals surface area contributed by atoms with Crippen LogP contribution in [0.3, 0.4) is 0 Å². The molecule has 5 nitrogen and oxygen atoms in total. The van der Waals surface area contributed by atoms with Crippen molar-refractivity contribution in [3.05, 3.63) is 80.4 Å². The van der Waals surface area contributed by atoms with Crippen molar-refractivity contribution in [3.63, 3.8) is 0 Å². The normalized spacial score (nSPS) is 15.1. The van der Waals surface area contributed by atoms with Crippen molar-refractivity contribution in [2.24, 2.45) is 0 Å². The summed E-state index contributed by atoms with van der Waals surface area (Å²) in [5, 5.41) is 3.50. The average molecular weight is 482 g/mol. The van der Waals surface area contributed by atoms with Crippen molar-refractivity contribution in [2.45, 2.75) is 6.61 Å². The summed E-state index contributed by atoms with van der Waals surface area (Å²) in [7, 11) is 0. The van der Waals surface area contributed by atoms with Crippen molar-refractivity contribution in [1.29, 1.82) is 0 Å². The third-order valence-electron chi connectivity index (χ3n) is 3.94. The monoisotopic (exact) mass is 480 g/mol. The fourth-order valence-electron chi connectivity index (χ4n) is 2.60. The van der Waals surface area contributed by atoms with Crippen LogP contribution in [0, 0.1) is 0 Å². The zero-order chi connectivity index (χ0) is 20.3. The van der Waals surface area contributed by atoms with Crippen LogP contribution >= 0.6 is 39.1 Å². The van der Waals surface area contributed by atoms with E-state index in [-0.39, 0.29) is 18.8 Å². The van der Waals surface area contributed by atoms with E-state index in [0.29, 0.717) is 25.8 Å². The number of nitrogens with zero attached hydrogens (tertiary/aromatic N) is 1. The molecule has 28 heavy (non-hydrogen) atoms. The van der Waals surface area contributed by atoms with Gasteiger partial charge in [-0.25, -0.2) is 4.79 Å². The highest BCUT2D eigenvalue weighted by Gasteiger charge is 2.32. The molecule has 2 aromatic rings. The van der Waals surface area contributed by atoms with Gasteiger partial charge in [0.1, 0.15) is 12.3 Å². The van der Waals surface area contributed by atoms with E-state index in [1.807, 2.05) is 18.2 Å². The number of carbonyl (C=O) groups is 2. The Labute approximate surface area is 180 Å². The molecule has 1 fully saturated rings. The number of benzene rings is 2. The Kier molecular flexibility index (Phi) is 6.44. The van der Waals surface area contributed by atoms with Crippen LogP contribution in [-0.4, -0.2) is 23.4 Å².